The van der Waals surface area contributed by atoms with E-state index in [4.69, 9.17) is 10.8 Å². The van der Waals surface area contributed by atoms with Crippen molar-refractivity contribution in [1.29, 1.82) is 0 Å². The van der Waals surface area contributed by atoms with Gasteiger partial charge in [-0.25, -0.2) is 0 Å². The van der Waals surface area contributed by atoms with Crippen LogP contribution in [0.2, 0.25) is 0 Å². The van der Waals surface area contributed by atoms with Gasteiger partial charge in [-0.15, -0.1) is 11.3 Å². The van der Waals surface area contributed by atoms with Crippen molar-refractivity contribution in [2.75, 3.05) is 18.9 Å². The minimum absolute atomic E-state index is 0.112. The highest BCUT2D eigenvalue weighted by atomic mass is 79.9. The zero-order valence-electron chi connectivity index (χ0n) is 12.1. The van der Waals surface area contributed by atoms with Gasteiger partial charge in [0.15, 0.2) is 0 Å². The number of nitrogens with two attached hydrogens (primary N) is 1. The first-order chi connectivity index (χ1) is 9.85. The second-order valence-corrected chi connectivity index (χ2v) is 7.68. The molecule has 4 N–H and O–H groups in total. The molecular weight excluding hydrogens is 352 g/mol. The number of carbonyl (C=O) groups is 1. The predicted molar refractivity (Wildman–Crippen MR) is 91.8 cm³/mol. The summed E-state index contributed by atoms with van der Waals surface area (Å²) in [5, 5.41) is 12.8. The molecule has 1 aromatic carbocycles. The van der Waals surface area contributed by atoms with Crippen molar-refractivity contribution in [3.05, 3.63) is 27.5 Å². The molecule has 4 nitrogen and oxygen atoms in total. The zero-order chi connectivity index (χ0) is 15.6. The number of nitrogen functional groups attached to an aromatic ring is 1. The Morgan fingerprint density at radius 3 is 2.81 bits per heavy atom. The molecule has 0 aliphatic heterocycles. The van der Waals surface area contributed by atoms with Crippen molar-refractivity contribution in [3.63, 3.8) is 0 Å². The highest BCUT2D eigenvalue weighted by molar-refractivity contribution is 9.10. The molecule has 0 atom stereocenters. The monoisotopic (exact) mass is 370 g/mol. The fourth-order valence-electron chi connectivity index (χ4n) is 2.09. The first kappa shape index (κ1) is 16.3. The summed E-state index contributed by atoms with van der Waals surface area (Å²) in [5.74, 6) is -0.161. The van der Waals surface area contributed by atoms with Gasteiger partial charge in [0.25, 0.3) is 5.91 Å². The predicted octanol–water partition coefficient (Wildman–Crippen LogP) is 3.38. The Labute approximate surface area is 136 Å². The minimum Gasteiger partial charge on any atom is -0.397 e. The summed E-state index contributed by atoms with van der Waals surface area (Å²) in [7, 11) is 0. The lowest BCUT2D eigenvalue weighted by Gasteiger charge is -2.23. The number of aliphatic hydroxyl groups is 1. The molecule has 0 fully saturated rings. The Morgan fingerprint density at radius 2 is 2.19 bits per heavy atom. The molecule has 21 heavy (non-hydrogen) atoms. The van der Waals surface area contributed by atoms with Crippen LogP contribution < -0.4 is 11.1 Å². The molecule has 2 aromatic rings. The normalized spacial score (nSPS) is 11.8. The van der Waals surface area contributed by atoms with Crippen LogP contribution >= 0.6 is 27.3 Å². The zero-order valence-corrected chi connectivity index (χ0v) is 14.5. The lowest BCUT2D eigenvalue weighted by molar-refractivity contribution is 0.0933. The highest BCUT2D eigenvalue weighted by Crippen LogP contribution is 2.38. The van der Waals surface area contributed by atoms with E-state index < -0.39 is 0 Å². The second kappa shape index (κ2) is 6.34. The highest BCUT2D eigenvalue weighted by Gasteiger charge is 2.22. The molecule has 2 rings (SSSR count). The smallest absolute Gasteiger partial charge is 0.263 e. The van der Waals surface area contributed by atoms with E-state index in [2.05, 4.69) is 21.2 Å². The molecule has 0 saturated carbocycles. The third kappa shape index (κ3) is 3.56. The number of hydrogen-bond acceptors (Lipinski definition) is 4. The summed E-state index contributed by atoms with van der Waals surface area (Å²) in [6.45, 7) is 4.63. The number of rotatable bonds is 5. The molecule has 0 saturated heterocycles. The maximum atomic E-state index is 12.3. The third-order valence-corrected chi connectivity index (χ3v) is 5.25. The topological polar surface area (TPSA) is 75.3 Å². The summed E-state index contributed by atoms with van der Waals surface area (Å²) < 4.78 is 1.88. The summed E-state index contributed by atoms with van der Waals surface area (Å²) in [4.78, 5) is 12.9. The quantitative estimate of drug-likeness (QED) is 0.754. The van der Waals surface area contributed by atoms with E-state index in [9.17, 15) is 4.79 Å². The summed E-state index contributed by atoms with van der Waals surface area (Å²) >= 11 is 4.86. The van der Waals surface area contributed by atoms with E-state index in [0.29, 0.717) is 23.5 Å². The number of hydrogen-bond donors (Lipinski definition) is 3. The van der Waals surface area contributed by atoms with Gasteiger partial charge < -0.3 is 16.2 Å². The Bertz CT molecular complexity index is 667. The van der Waals surface area contributed by atoms with E-state index in [1.165, 1.54) is 11.3 Å². The maximum absolute atomic E-state index is 12.3. The molecule has 0 spiro atoms. The average Bonchev–Trinajstić information content (AvgIpc) is 2.75. The van der Waals surface area contributed by atoms with Gasteiger partial charge in [-0.05, 0) is 24.0 Å². The molecule has 0 bridgehead atoms. The molecule has 0 unspecified atom stereocenters. The number of thiophene rings is 1. The van der Waals surface area contributed by atoms with Gasteiger partial charge in [0.1, 0.15) is 4.88 Å². The van der Waals surface area contributed by atoms with Crippen LogP contribution in [0.25, 0.3) is 10.1 Å². The molecule has 0 aliphatic rings. The fraction of sp³-hybridized carbons (Fsp3) is 0.400. The van der Waals surface area contributed by atoms with E-state index in [1.54, 1.807) is 0 Å². The minimum atomic E-state index is -0.161. The van der Waals surface area contributed by atoms with Gasteiger partial charge in [-0.3, -0.25) is 4.79 Å². The van der Waals surface area contributed by atoms with E-state index in [1.807, 2.05) is 32.0 Å². The molecule has 6 heteroatoms. The van der Waals surface area contributed by atoms with E-state index >= 15 is 0 Å². The summed E-state index contributed by atoms with van der Waals surface area (Å²) in [5.41, 5.74) is 6.49. The molecule has 1 amide bonds. The van der Waals surface area contributed by atoms with Crippen LogP contribution in [-0.2, 0) is 0 Å². The summed E-state index contributed by atoms with van der Waals surface area (Å²) in [6, 6.07) is 5.79. The fourth-order valence-corrected chi connectivity index (χ4v) is 3.87. The molecule has 114 valence electrons. The van der Waals surface area contributed by atoms with Gasteiger partial charge in [0, 0.05) is 27.7 Å². The van der Waals surface area contributed by atoms with Crippen molar-refractivity contribution < 1.29 is 9.90 Å². The first-order valence-electron chi connectivity index (χ1n) is 6.71. The Kier molecular flexibility index (Phi) is 4.91. The van der Waals surface area contributed by atoms with Crippen LogP contribution in [0, 0.1) is 5.41 Å². The van der Waals surface area contributed by atoms with Crippen LogP contribution in [0.15, 0.2) is 22.7 Å². The van der Waals surface area contributed by atoms with Crippen LogP contribution in [-0.4, -0.2) is 24.2 Å². The number of halogens is 1. The molecule has 0 radical (unpaired) electrons. The molecule has 1 aromatic heterocycles. The SMILES string of the molecule is CC(C)(CCO)CNC(=O)c1sc2cccc(Br)c2c1N. The van der Waals surface area contributed by atoms with Crippen LogP contribution in [0.5, 0.6) is 0 Å². The van der Waals surface area contributed by atoms with Gasteiger partial charge in [0.2, 0.25) is 0 Å². The second-order valence-electron chi connectivity index (χ2n) is 5.78. The number of anilines is 1. The van der Waals surface area contributed by atoms with Crippen molar-refractivity contribution in [1.82, 2.24) is 5.32 Å². The van der Waals surface area contributed by atoms with E-state index in [0.717, 1.165) is 14.6 Å². The number of benzene rings is 1. The van der Waals surface area contributed by atoms with Gasteiger partial charge in [-0.1, -0.05) is 35.8 Å². The molecule has 1 heterocycles. The van der Waals surface area contributed by atoms with Crippen molar-refractivity contribution in [3.8, 4) is 0 Å². The lowest BCUT2D eigenvalue weighted by Crippen LogP contribution is -2.34. The number of fused-ring (bicyclic) bond motifs is 1. The maximum Gasteiger partial charge on any atom is 0.263 e. The van der Waals surface area contributed by atoms with Crippen molar-refractivity contribution in [2.45, 2.75) is 20.3 Å². The van der Waals surface area contributed by atoms with Gasteiger partial charge in [0.05, 0.1) is 5.69 Å². The van der Waals surface area contributed by atoms with Gasteiger partial charge >= 0.3 is 0 Å². The van der Waals surface area contributed by atoms with Crippen molar-refractivity contribution in [2.24, 2.45) is 5.41 Å². The van der Waals surface area contributed by atoms with Crippen molar-refractivity contribution >= 4 is 48.9 Å². The average molecular weight is 371 g/mol. The molecule has 0 aliphatic carbocycles. The number of nitrogens with one attached hydrogen (secondary N) is 1. The van der Waals surface area contributed by atoms with Crippen LogP contribution in [0.1, 0.15) is 29.9 Å². The number of amides is 1. The Hall–Kier alpha value is -1.11. The van der Waals surface area contributed by atoms with Gasteiger partial charge in [-0.2, -0.15) is 0 Å². The first-order valence-corrected chi connectivity index (χ1v) is 8.32. The van der Waals surface area contributed by atoms with E-state index in [-0.39, 0.29) is 17.9 Å². The number of aliphatic hydroxyl groups excluding tert-OH is 1. The van der Waals surface area contributed by atoms with Crippen LogP contribution in [0.3, 0.4) is 0 Å². The largest absolute Gasteiger partial charge is 0.397 e. The van der Waals surface area contributed by atoms with Crippen LogP contribution in [0.4, 0.5) is 5.69 Å². The Balaban J connectivity index is 2.21. The third-order valence-electron chi connectivity index (χ3n) is 3.42. The Morgan fingerprint density at radius 1 is 1.48 bits per heavy atom. The number of carbonyl (C=O) groups excluding carboxylic acids is 1. The molecular formula is C15H19BrN2O2S. The lowest BCUT2D eigenvalue weighted by atomic mass is 9.90. The summed E-state index contributed by atoms with van der Waals surface area (Å²) in [6.07, 6.45) is 0.640. The standard InChI is InChI=1S/C15H19BrN2O2S/c1-15(2,6-7-19)8-18-14(20)13-12(17)11-9(16)4-3-5-10(11)21-13/h3-5,19H,6-8,17H2,1-2H3,(H,18,20).